The summed E-state index contributed by atoms with van der Waals surface area (Å²) < 4.78 is 0. The van der Waals surface area contributed by atoms with Gasteiger partial charge in [0.15, 0.2) is 0 Å². The normalized spacial score (nSPS) is 24.0. The number of carbonyl (C=O) groups excluding carboxylic acids is 1. The van der Waals surface area contributed by atoms with Crippen molar-refractivity contribution in [3.05, 3.63) is 0 Å². The predicted octanol–water partition coefficient (Wildman–Crippen LogP) is 2.83. The van der Waals surface area contributed by atoms with E-state index in [1.54, 1.807) is 0 Å². The van der Waals surface area contributed by atoms with Crippen LogP contribution in [-0.4, -0.2) is 72.0 Å². The van der Waals surface area contributed by atoms with Crippen LogP contribution in [0.1, 0.15) is 60.3 Å². The molecule has 0 spiro atoms. The van der Waals surface area contributed by atoms with Gasteiger partial charge in [0, 0.05) is 51.2 Å². The molecule has 4 nitrogen and oxygen atoms in total. The van der Waals surface area contributed by atoms with Gasteiger partial charge >= 0.3 is 0 Å². The maximum absolute atomic E-state index is 12.3. The second-order valence-electron chi connectivity index (χ2n) is 9.15. The number of carbonyl (C=O) groups is 1. The quantitative estimate of drug-likeness (QED) is 0.796. The molecule has 1 amide bonds. The molecule has 0 aromatic rings. The highest BCUT2D eigenvalue weighted by molar-refractivity contribution is 5.76. The van der Waals surface area contributed by atoms with E-state index in [0.29, 0.717) is 11.3 Å². The molecular formula is C19H37N3O. The van der Waals surface area contributed by atoms with Crippen LogP contribution in [0.3, 0.4) is 0 Å². The van der Waals surface area contributed by atoms with Gasteiger partial charge in [-0.05, 0) is 52.0 Å². The lowest BCUT2D eigenvalue weighted by molar-refractivity contribution is -0.133. The number of hydrogen-bond acceptors (Lipinski definition) is 3. The van der Waals surface area contributed by atoms with Gasteiger partial charge in [-0.25, -0.2) is 0 Å². The zero-order valence-corrected chi connectivity index (χ0v) is 16.0. The average Bonchev–Trinajstić information content (AvgIpc) is 2.46. The number of likely N-dealkylation sites (tertiary alicyclic amines) is 1. The lowest BCUT2D eigenvalue weighted by atomic mass is 9.82. The first-order valence-electron chi connectivity index (χ1n) is 9.43. The fourth-order valence-electron chi connectivity index (χ4n) is 3.62. The summed E-state index contributed by atoms with van der Waals surface area (Å²) in [5, 5.41) is 0. The Labute approximate surface area is 143 Å². The molecule has 0 unspecified atom stereocenters. The number of amides is 1. The van der Waals surface area contributed by atoms with Crippen LogP contribution < -0.4 is 0 Å². The fourth-order valence-corrected chi connectivity index (χ4v) is 3.62. The molecule has 0 N–H and O–H groups in total. The zero-order valence-electron chi connectivity index (χ0n) is 16.0. The fraction of sp³-hybridized carbons (Fsp3) is 0.947. The van der Waals surface area contributed by atoms with Crippen molar-refractivity contribution in [3.8, 4) is 0 Å². The summed E-state index contributed by atoms with van der Waals surface area (Å²) >= 11 is 0. The standard InChI is InChI=1S/C19H37N3O/c1-18(2,3)22-15-13-20(14-16-22)10-6-7-17(23)21-11-8-19(4,5)9-12-21/h6-16H2,1-5H3. The van der Waals surface area contributed by atoms with E-state index in [1.165, 1.54) is 0 Å². The Morgan fingerprint density at radius 2 is 1.52 bits per heavy atom. The zero-order chi connectivity index (χ0) is 17.1. The Balaban J connectivity index is 1.62. The van der Waals surface area contributed by atoms with Crippen molar-refractivity contribution >= 4 is 5.91 Å². The minimum atomic E-state index is 0.282. The third kappa shape index (κ3) is 5.75. The molecule has 2 fully saturated rings. The van der Waals surface area contributed by atoms with E-state index in [-0.39, 0.29) is 5.54 Å². The van der Waals surface area contributed by atoms with Gasteiger partial charge in [-0.15, -0.1) is 0 Å². The molecule has 23 heavy (non-hydrogen) atoms. The molecule has 2 saturated heterocycles. The summed E-state index contributed by atoms with van der Waals surface area (Å²) in [5.41, 5.74) is 0.702. The van der Waals surface area contributed by atoms with Gasteiger partial charge in [-0.1, -0.05) is 13.8 Å². The predicted molar refractivity (Wildman–Crippen MR) is 96.6 cm³/mol. The topological polar surface area (TPSA) is 26.8 Å². The number of nitrogens with zero attached hydrogens (tertiary/aromatic N) is 3. The van der Waals surface area contributed by atoms with E-state index in [0.717, 1.165) is 71.5 Å². The van der Waals surface area contributed by atoms with Crippen LogP contribution in [0, 0.1) is 5.41 Å². The van der Waals surface area contributed by atoms with Crippen LogP contribution in [0.2, 0.25) is 0 Å². The molecule has 2 aliphatic heterocycles. The molecule has 2 aliphatic rings. The second-order valence-corrected chi connectivity index (χ2v) is 9.15. The Kier molecular flexibility index (Phi) is 6.12. The molecule has 4 heteroatoms. The summed E-state index contributed by atoms with van der Waals surface area (Å²) in [4.78, 5) is 19.5. The molecule has 0 radical (unpaired) electrons. The van der Waals surface area contributed by atoms with Crippen LogP contribution >= 0.6 is 0 Å². The van der Waals surface area contributed by atoms with Crippen molar-refractivity contribution in [2.24, 2.45) is 5.41 Å². The van der Waals surface area contributed by atoms with E-state index >= 15 is 0 Å². The van der Waals surface area contributed by atoms with Gasteiger partial charge in [-0.3, -0.25) is 9.69 Å². The Hall–Kier alpha value is -0.610. The summed E-state index contributed by atoms with van der Waals surface area (Å²) in [6, 6.07) is 0. The van der Waals surface area contributed by atoms with Crippen LogP contribution in [0.4, 0.5) is 0 Å². The lowest BCUT2D eigenvalue weighted by Crippen LogP contribution is -2.53. The smallest absolute Gasteiger partial charge is 0.222 e. The van der Waals surface area contributed by atoms with Gasteiger partial charge in [0.05, 0.1) is 0 Å². The van der Waals surface area contributed by atoms with Crippen molar-refractivity contribution in [2.45, 2.75) is 65.8 Å². The van der Waals surface area contributed by atoms with E-state index in [9.17, 15) is 4.79 Å². The second kappa shape index (κ2) is 7.52. The molecule has 0 aromatic heterocycles. The monoisotopic (exact) mass is 323 g/mol. The number of hydrogen-bond donors (Lipinski definition) is 0. The van der Waals surface area contributed by atoms with E-state index in [2.05, 4.69) is 49.3 Å². The van der Waals surface area contributed by atoms with Gasteiger partial charge in [0.2, 0.25) is 5.91 Å². The molecule has 0 aliphatic carbocycles. The number of rotatable bonds is 4. The summed E-state index contributed by atoms with van der Waals surface area (Å²) in [7, 11) is 0. The highest BCUT2D eigenvalue weighted by Crippen LogP contribution is 2.29. The molecule has 0 saturated carbocycles. The SMILES string of the molecule is CC1(C)CCN(C(=O)CCCN2CCN(C(C)(C)C)CC2)CC1. The summed E-state index contributed by atoms with van der Waals surface area (Å²) in [6.45, 7) is 19.1. The third-order valence-electron chi connectivity index (χ3n) is 5.66. The van der Waals surface area contributed by atoms with Crippen molar-refractivity contribution in [1.29, 1.82) is 0 Å². The van der Waals surface area contributed by atoms with Crippen molar-refractivity contribution in [2.75, 3.05) is 45.8 Å². The van der Waals surface area contributed by atoms with Gasteiger partial charge in [0.1, 0.15) is 0 Å². The summed E-state index contributed by atoms with van der Waals surface area (Å²) in [6.07, 6.45) is 4.02. The van der Waals surface area contributed by atoms with Crippen LogP contribution in [-0.2, 0) is 4.79 Å². The van der Waals surface area contributed by atoms with Gasteiger partial charge in [-0.2, -0.15) is 0 Å². The summed E-state index contributed by atoms with van der Waals surface area (Å²) in [5.74, 6) is 0.369. The first-order valence-corrected chi connectivity index (χ1v) is 9.43. The van der Waals surface area contributed by atoms with Crippen LogP contribution in [0.5, 0.6) is 0 Å². The molecule has 2 heterocycles. The molecule has 0 atom stereocenters. The molecule has 0 bridgehead atoms. The third-order valence-corrected chi connectivity index (χ3v) is 5.66. The molecule has 0 aromatic carbocycles. The van der Waals surface area contributed by atoms with Crippen molar-refractivity contribution < 1.29 is 4.79 Å². The molecular weight excluding hydrogens is 286 g/mol. The minimum Gasteiger partial charge on any atom is -0.343 e. The van der Waals surface area contributed by atoms with Crippen molar-refractivity contribution in [3.63, 3.8) is 0 Å². The van der Waals surface area contributed by atoms with E-state index < -0.39 is 0 Å². The average molecular weight is 324 g/mol. The maximum atomic E-state index is 12.3. The lowest BCUT2D eigenvalue weighted by Gasteiger charge is -2.42. The van der Waals surface area contributed by atoms with Crippen LogP contribution in [0.15, 0.2) is 0 Å². The maximum Gasteiger partial charge on any atom is 0.222 e. The van der Waals surface area contributed by atoms with E-state index in [4.69, 9.17) is 0 Å². The minimum absolute atomic E-state index is 0.282. The van der Waals surface area contributed by atoms with Gasteiger partial charge < -0.3 is 9.80 Å². The largest absolute Gasteiger partial charge is 0.343 e. The van der Waals surface area contributed by atoms with Crippen molar-refractivity contribution in [1.82, 2.24) is 14.7 Å². The highest BCUT2D eigenvalue weighted by Gasteiger charge is 2.28. The highest BCUT2D eigenvalue weighted by atomic mass is 16.2. The van der Waals surface area contributed by atoms with E-state index in [1.807, 2.05) is 0 Å². The Morgan fingerprint density at radius 3 is 2.04 bits per heavy atom. The first-order chi connectivity index (χ1) is 10.7. The molecule has 134 valence electrons. The van der Waals surface area contributed by atoms with Crippen LogP contribution in [0.25, 0.3) is 0 Å². The van der Waals surface area contributed by atoms with Gasteiger partial charge in [0.25, 0.3) is 0 Å². The Morgan fingerprint density at radius 1 is 0.957 bits per heavy atom. The molecule has 2 rings (SSSR count). The Bertz CT molecular complexity index is 382. The number of piperazine rings is 1. The number of piperidine rings is 1. The first kappa shape index (κ1) is 18.7.